The minimum atomic E-state index is 0.158. The molecule has 1 rings (SSSR count). The number of hydrogen-bond donors (Lipinski definition) is 0. The van der Waals surface area contributed by atoms with Gasteiger partial charge in [0.05, 0.1) is 0 Å². The highest BCUT2D eigenvalue weighted by atomic mass is 14.7. The molecule has 12 heavy (non-hydrogen) atoms. The Balaban J connectivity index is 2.40. The van der Waals surface area contributed by atoms with E-state index in [2.05, 4.69) is 17.0 Å². The van der Waals surface area contributed by atoms with Crippen LogP contribution in [0.4, 0.5) is 0 Å². The monoisotopic (exact) mass is 159 g/mol. The molecule has 0 aliphatic heterocycles. The first kappa shape index (κ1) is 8.80. The Morgan fingerprint density at radius 2 is 2.00 bits per heavy atom. The fourth-order valence-corrected chi connectivity index (χ4v) is 1.08. The van der Waals surface area contributed by atoms with E-state index in [9.17, 15) is 0 Å². The van der Waals surface area contributed by atoms with Crippen molar-refractivity contribution in [3.05, 3.63) is 47.3 Å². The van der Waals surface area contributed by atoms with Gasteiger partial charge in [-0.2, -0.15) is 0 Å². The van der Waals surface area contributed by atoms with E-state index < -0.39 is 0 Å². The van der Waals surface area contributed by atoms with Gasteiger partial charge < -0.3 is 4.85 Å². The second-order valence-electron chi connectivity index (χ2n) is 3.00. The molecular weight excluding hydrogens is 146 g/mol. The van der Waals surface area contributed by atoms with Gasteiger partial charge in [-0.05, 0) is 12.0 Å². The molecule has 1 heteroatoms. The van der Waals surface area contributed by atoms with Crippen LogP contribution in [0.1, 0.15) is 18.9 Å². The first-order valence-corrected chi connectivity index (χ1v) is 4.23. The highest BCUT2D eigenvalue weighted by Crippen LogP contribution is 2.06. The van der Waals surface area contributed by atoms with Crippen LogP contribution in [0.3, 0.4) is 0 Å². The SMILES string of the molecule is [C-]#[N+][C@@H](C)CCc1ccccc1. The summed E-state index contributed by atoms with van der Waals surface area (Å²) in [6.07, 6.45) is 1.98. The van der Waals surface area contributed by atoms with Crippen molar-refractivity contribution in [2.75, 3.05) is 0 Å². The largest absolute Gasteiger partial charge is 0.314 e. The molecule has 0 amide bonds. The van der Waals surface area contributed by atoms with E-state index in [1.54, 1.807) is 0 Å². The van der Waals surface area contributed by atoms with Gasteiger partial charge in [0.15, 0.2) is 0 Å². The minimum Gasteiger partial charge on any atom is -0.314 e. The molecule has 0 unspecified atom stereocenters. The maximum Gasteiger partial charge on any atom is 0.221 e. The predicted octanol–water partition coefficient (Wildman–Crippen LogP) is 2.93. The van der Waals surface area contributed by atoms with Gasteiger partial charge in [-0.25, -0.2) is 6.57 Å². The molecule has 0 aliphatic rings. The molecule has 1 aromatic rings. The standard InChI is InChI=1S/C11H13N/c1-10(12-2)8-9-11-6-4-3-5-7-11/h3-7,10H,8-9H2,1H3/t10-/m0/s1. The van der Waals surface area contributed by atoms with E-state index in [1.807, 2.05) is 25.1 Å². The molecule has 0 spiro atoms. The molecule has 0 fully saturated rings. The van der Waals surface area contributed by atoms with Crippen LogP contribution in [0.5, 0.6) is 0 Å². The van der Waals surface area contributed by atoms with Crippen molar-refractivity contribution >= 4 is 0 Å². The lowest BCUT2D eigenvalue weighted by molar-refractivity contribution is 0.744. The van der Waals surface area contributed by atoms with Gasteiger partial charge in [-0.1, -0.05) is 30.3 Å². The van der Waals surface area contributed by atoms with Crippen LogP contribution in [-0.2, 0) is 6.42 Å². The summed E-state index contributed by atoms with van der Waals surface area (Å²) in [4.78, 5) is 3.45. The molecule has 0 heterocycles. The lowest BCUT2D eigenvalue weighted by Crippen LogP contribution is -1.96. The molecule has 0 N–H and O–H groups in total. The van der Waals surface area contributed by atoms with Crippen LogP contribution in [0.15, 0.2) is 30.3 Å². The number of hydrogen-bond acceptors (Lipinski definition) is 0. The number of nitrogens with zero attached hydrogens (tertiary/aromatic N) is 1. The number of aryl methyl sites for hydroxylation is 1. The molecule has 0 aliphatic carbocycles. The third-order valence-electron chi connectivity index (χ3n) is 1.91. The van der Waals surface area contributed by atoms with Gasteiger partial charge in [-0.15, -0.1) is 0 Å². The third kappa shape index (κ3) is 2.75. The van der Waals surface area contributed by atoms with E-state index in [0.29, 0.717) is 0 Å². The summed E-state index contributed by atoms with van der Waals surface area (Å²) < 4.78 is 0. The quantitative estimate of drug-likeness (QED) is 0.597. The molecule has 0 saturated heterocycles. The Morgan fingerprint density at radius 3 is 2.58 bits per heavy atom. The Labute approximate surface area is 73.9 Å². The van der Waals surface area contributed by atoms with Crippen LogP contribution in [-0.4, -0.2) is 6.04 Å². The van der Waals surface area contributed by atoms with Crippen LogP contribution >= 0.6 is 0 Å². The molecule has 1 aromatic carbocycles. The Bertz CT molecular complexity index is 258. The lowest BCUT2D eigenvalue weighted by Gasteiger charge is -1.99. The maximum absolute atomic E-state index is 6.80. The van der Waals surface area contributed by atoms with Crippen LogP contribution in [0.25, 0.3) is 4.85 Å². The smallest absolute Gasteiger partial charge is 0.221 e. The highest BCUT2D eigenvalue weighted by molar-refractivity contribution is 5.14. The van der Waals surface area contributed by atoms with Crippen molar-refractivity contribution in [3.63, 3.8) is 0 Å². The Kier molecular flexibility index (Phi) is 3.35. The van der Waals surface area contributed by atoms with Crippen molar-refractivity contribution in [1.82, 2.24) is 0 Å². The summed E-state index contributed by atoms with van der Waals surface area (Å²) in [5.41, 5.74) is 1.33. The summed E-state index contributed by atoms with van der Waals surface area (Å²) in [5, 5.41) is 0. The second kappa shape index (κ2) is 4.56. The van der Waals surface area contributed by atoms with E-state index in [-0.39, 0.29) is 6.04 Å². The van der Waals surface area contributed by atoms with Gasteiger partial charge in [0, 0.05) is 13.3 Å². The Hall–Kier alpha value is -1.29. The van der Waals surface area contributed by atoms with Crippen molar-refractivity contribution in [2.45, 2.75) is 25.8 Å². The van der Waals surface area contributed by atoms with Crippen molar-refractivity contribution < 1.29 is 0 Å². The number of benzene rings is 1. The fraction of sp³-hybridized carbons (Fsp3) is 0.364. The molecule has 1 atom stereocenters. The van der Waals surface area contributed by atoms with Crippen molar-refractivity contribution in [2.24, 2.45) is 0 Å². The van der Waals surface area contributed by atoms with Crippen LogP contribution in [0, 0.1) is 6.57 Å². The maximum atomic E-state index is 6.80. The zero-order valence-corrected chi connectivity index (χ0v) is 7.33. The zero-order chi connectivity index (χ0) is 8.81. The van der Waals surface area contributed by atoms with Gasteiger partial charge >= 0.3 is 0 Å². The van der Waals surface area contributed by atoms with Gasteiger partial charge in [0.25, 0.3) is 0 Å². The molecule has 1 nitrogen and oxygen atoms in total. The van der Waals surface area contributed by atoms with Gasteiger partial charge in [0.1, 0.15) is 0 Å². The zero-order valence-electron chi connectivity index (χ0n) is 7.33. The molecule has 0 saturated carbocycles. The van der Waals surface area contributed by atoms with E-state index in [4.69, 9.17) is 6.57 Å². The summed E-state index contributed by atoms with van der Waals surface area (Å²) >= 11 is 0. The average Bonchev–Trinajstić information content (AvgIpc) is 2.16. The summed E-state index contributed by atoms with van der Waals surface area (Å²) in [5.74, 6) is 0. The molecular formula is C11H13N. The predicted molar refractivity (Wildman–Crippen MR) is 50.8 cm³/mol. The normalized spacial score (nSPS) is 12.0. The average molecular weight is 159 g/mol. The van der Waals surface area contributed by atoms with Gasteiger partial charge in [-0.3, -0.25) is 0 Å². The summed E-state index contributed by atoms with van der Waals surface area (Å²) in [6.45, 7) is 8.77. The van der Waals surface area contributed by atoms with E-state index in [0.717, 1.165) is 12.8 Å². The Morgan fingerprint density at radius 1 is 1.33 bits per heavy atom. The van der Waals surface area contributed by atoms with Crippen molar-refractivity contribution in [3.8, 4) is 0 Å². The molecule has 0 bridgehead atoms. The van der Waals surface area contributed by atoms with Crippen molar-refractivity contribution in [1.29, 1.82) is 0 Å². The lowest BCUT2D eigenvalue weighted by atomic mass is 10.1. The van der Waals surface area contributed by atoms with E-state index in [1.165, 1.54) is 5.56 Å². The van der Waals surface area contributed by atoms with E-state index >= 15 is 0 Å². The molecule has 0 radical (unpaired) electrons. The summed E-state index contributed by atoms with van der Waals surface area (Å²) in [7, 11) is 0. The molecule has 0 aromatic heterocycles. The third-order valence-corrected chi connectivity index (χ3v) is 1.91. The van der Waals surface area contributed by atoms with Gasteiger partial charge in [0.2, 0.25) is 6.04 Å². The minimum absolute atomic E-state index is 0.158. The van der Waals surface area contributed by atoms with Crippen LogP contribution < -0.4 is 0 Å². The highest BCUT2D eigenvalue weighted by Gasteiger charge is 2.03. The number of rotatable bonds is 3. The van der Waals surface area contributed by atoms with Crippen LogP contribution in [0.2, 0.25) is 0 Å². The first-order chi connectivity index (χ1) is 5.83. The fourth-order valence-electron chi connectivity index (χ4n) is 1.08. The first-order valence-electron chi connectivity index (χ1n) is 4.23. The topological polar surface area (TPSA) is 4.36 Å². The molecule has 62 valence electrons. The second-order valence-corrected chi connectivity index (χ2v) is 3.00. The summed E-state index contributed by atoms with van der Waals surface area (Å²) in [6, 6.07) is 10.5.